The Morgan fingerprint density at radius 3 is 1.59 bits per heavy atom. The second kappa shape index (κ2) is 20.8. The molecule has 0 unspecified atom stereocenters. The standard InChI is InChI=1S/C20H21ClN4O4.C20H22N4O5.Cl3OP/c1-10-17(11(2)29-25-10)13-7-14-12(8-15(13)27-4)18-19(21)23-16(24-20(18)22-14)9-28-6-5-26-3;1-10-17(11(2)29-24-10)13-7-14-12(8-15(13)27-4)18-19(21-14)22-16(23-20(18)25)9-28-6-5-26-3;1-5(2,3)4/h7-8H,5-6,9H2,1-4H3,(H,22,23,24);7-8H,5-6,9H2,1-4H3,(H2,21,22,23,25);. The molecule has 3 N–H and O–H groups in total. The Morgan fingerprint density at radius 2 is 1.13 bits per heavy atom. The second-order valence-corrected chi connectivity index (χ2v) is 20.7. The van der Waals surface area contributed by atoms with Crippen LogP contribution in [0.1, 0.15) is 34.6 Å². The molecule has 2 aromatic carbocycles. The maximum Gasteiger partial charge on any atom is 0.339 e. The Bertz CT molecular complexity index is 2950. The first-order valence-corrected chi connectivity index (χ1v) is 23.7. The largest absolute Gasteiger partial charge is 0.496 e. The fourth-order valence-electron chi connectivity index (χ4n) is 6.91. The second-order valence-electron chi connectivity index (χ2n) is 13.7. The van der Waals surface area contributed by atoms with Crippen LogP contribution in [0.5, 0.6) is 11.5 Å². The molecule has 18 nitrogen and oxygen atoms in total. The molecule has 6 heterocycles. The monoisotopic (exact) mass is 966 g/mol. The van der Waals surface area contributed by atoms with E-state index in [-0.39, 0.29) is 18.8 Å². The molecule has 0 aliphatic rings. The first-order chi connectivity index (χ1) is 30.1. The van der Waals surface area contributed by atoms with Crippen molar-refractivity contribution >= 4 is 94.4 Å². The molecule has 0 aliphatic carbocycles. The van der Waals surface area contributed by atoms with Crippen LogP contribution < -0.4 is 15.0 Å². The van der Waals surface area contributed by atoms with Gasteiger partial charge in [0.15, 0.2) is 5.82 Å². The summed E-state index contributed by atoms with van der Waals surface area (Å²) in [5.41, 5.74) is 7.60. The van der Waals surface area contributed by atoms with Gasteiger partial charge in [0.05, 0.1) is 73.9 Å². The highest BCUT2D eigenvalue weighted by Gasteiger charge is 2.22. The topological polar surface area (TPSA) is 228 Å². The smallest absolute Gasteiger partial charge is 0.339 e. The zero-order chi connectivity index (χ0) is 45.6. The molecule has 0 fully saturated rings. The first-order valence-electron chi connectivity index (χ1n) is 18.9. The van der Waals surface area contributed by atoms with Crippen LogP contribution in [-0.2, 0) is 36.7 Å². The van der Waals surface area contributed by atoms with E-state index in [1.807, 2.05) is 52.0 Å². The highest BCUT2D eigenvalue weighted by atomic mass is 36.0. The number of halogens is 4. The summed E-state index contributed by atoms with van der Waals surface area (Å²) >= 11 is 20.3. The van der Waals surface area contributed by atoms with E-state index < -0.39 is 5.20 Å². The van der Waals surface area contributed by atoms with Crippen molar-refractivity contribution in [1.29, 1.82) is 0 Å². The SMILES string of the molecule is COCCOCc1nc(Cl)c2c(n1)[nH]c1cc(-c3c(C)noc3C)c(OC)cc12.COCCOCc1nc2[nH]c3cc(-c4c(C)noc4C)c(OC)cc3c2c(=O)[nH]1.O=P(Cl)(Cl)Cl. The lowest BCUT2D eigenvalue weighted by atomic mass is 10.0. The maximum absolute atomic E-state index is 12.7. The number of hydrogen-bond acceptors (Lipinski definition) is 15. The maximum atomic E-state index is 12.7. The summed E-state index contributed by atoms with van der Waals surface area (Å²) in [6.45, 7) is 9.81. The molecule has 0 atom stereocenters. The van der Waals surface area contributed by atoms with E-state index in [1.54, 1.807) is 28.4 Å². The number of nitrogens with one attached hydrogen (secondary N) is 3. The Morgan fingerprint density at radius 1 is 0.651 bits per heavy atom. The van der Waals surface area contributed by atoms with E-state index in [4.69, 9.17) is 49.1 Å². The average molecular weight is 969 g/mol. The molecule has 0 bridgehead atoms. The van der Waals surface area contributed by atoms with Gasteiger partial charge in [0.2, 0.25) is 0 Å². The van der Waals surface area contributed by atoms with Crippen molar-refractivity contribution in [3.8, 4) is 33.8 Å². The Hall–Kier alpha value is -4.75. The van der Waals surface area contributed by atoms with Gasteiger partial charge in [0.25, 0.3) is 5.56 Å². The van der Waals surface area contributed by atoms with Gasteiger partial charge in [0, 0.05) is 47.2 Å². The van der Waals surface area contributed by atoms with Crippen LogP contribution >= 0.6 is 50.5 Å². The molecular weight excluding hydrogens is 925 g/mol. The van der Waals surface area contributed by atoms with Crippen molar-refractivity contribution in [1.82, 2.24) is 40.2 Å². The number of aryl methyl sites for hydroxylation is 4. The van der Waals surface area contributed by atoms with Crippen LogP contribution in [0.4, 0.5) is 0 Å². The van der Waals surface area contributed by atoms with Gasteiger partial charge in [-0.05, 0) is 85.7 Å². The minimum absolute atomic E-state index is 0.192. The minimum Gasteiger partial charge on any atom is -0.496 e. The number of H-pyrrole nitrogens is 3. The molecule has 6 aromatic heterocycles. The highest BCUT2D eigenvalue weighted by molar-refractivity contribution is 8.24. The predicted octanol–water partition coefficient (Wildman–Crippen LogP) is 9.87. The zero-order valence-electron chi connectivity index (χ0n) is 35.3. The molecule has 0 amide bonds. The molecule has 336 valence electrons. The van der Waals surface area contributed by atoms with E-state index in [2.05, 4.69) is 73.9 Å². The summed E-state index contributed by atoms with van der Waals surface area (Å²) < 4.78 is 52.3. The van der Waals surface area contributed by atoms with Gasteiger partial charge in [-0.3, -0.25) is 9.36 Å². The number of benzene rings is 2. The molecule has 0 saturated carbocycles. The number of ether oxygens (including phenoxy) is 6. The molecule has 63 heavy (non-hydrogen) atoms. The average Bonchev–Trinajstić information content (AvgIpc) is 3.98. The number of fused-ring (bicyclic) bond motifs is 6. The molecular formula is C40H43Cl4N8O10P. The molecule has 23 heteroatoms. The van der Waals surface area contributed by atoms with Crippen LogP contribution in [0.2, 0.25) is 5.15 Å². The van der Waals surface area contributed by atoms with Gasteiger partial charge in [0.1, 0.15) is 58.5 Å². The molecule has 0 spiro atoms. The number of rotatable bonds is 14. The number of aromatic nitrogens is 8. The normalized spacial score (nSPS) is 11.6. The van der Waals surface area contributed by atoms with Crippen LogP contribution in [-0.4, -0.2) is 95.1 Å². The van der Waals surface area contributed by atoms with Gasteiger partial charge in [-0.2, -0.15) is 0 Å². The third kappa shape index (κ3) is 11.1. The van der Waals surface area contributed by atoms with E-state index in [9.17, 15) is 9.36 Å². The lowest BCUT2D eigenvalue weighted by Gasteiger charge is -2.09. The van der Waals surface area contributed by atoms with Crippen molar-refractivity contribution in [2.75, 3.05) is 54.9 Å². The van der Waals surface area contributed by atoms with Gasteiger partial charge < -0.3 is 52.4 Å². The van der Waals surface area contributed by atoms with Gasteiger partial charge in [-0.15, -0.1) is 0 Å². The Labute approximate surface area is 378 Å². The lowest BCUT2D eigenvalue weighted by molar-refractivity contribution is 0.0586. The van der Waals surface area contributed by atoms with E-state index >= 15 is 0 Å². The first kappa shape index (κ1) is 47.7. The van der Waals surface area contributed by atoms with Crippen molar-refractivity contribution in [2.45, 2.75) is 40.9 Å². The number of hydrogen-bond donors (Lipinski definition) is 3. The summed E-state index contributed by atoms with van der Waals surface area (Å²) in [4.78, 5) is 35.5. The number of methoxy groups -OCH3 is 4. The molecule has 8 aromatic rings. The minimum atomic E-state index is -3.22. The van der Waals surface area contributed by atoms with Crippen LogP contribution in [0.3, 0.4) is 0 Å². The number of nitrogens with zero attached hydrogens (tertiary/aromatic N) is 5. The summed E-state index contributed by atoms with van der Waals surface area (Å²) in [5, 5.41) is 8.04. The van der Waals surface area contributed by atoms with Gasteiger partial charge >= 0.3 is 5.20 Å². The fourth-order valence-corrected chi connectivity index (χ4v) is 7.20. The summed E-state index contributed by atoms with van der Waals surface area (Å²) in [7, 11) is 6.45. The van der Waals surface area contributed by atoms with Crippen molar-refractivity contribution in [2.24, 2.45) is 0 Å². The Balaban J connectivity index is 0.000000190. The van der Waals surface area contributed by atoms with E-state index in [0.717, 1.165) is 66.6 Å². The quantitative estimate of drug-likeness (QED) is 0.0523. The van der Waals surface area contributed by atoms with E-state index in [0.29, 0.717) is 77.2 Å². The van der Waals surface area contributed by atoms with E-state index in [1.165, 1.54) is 0 Å². The van der Waals surface area contributed by atoms with Crippen LogP contribution in [0.15, 0.2) is 38.1 Å². The highest BCUT2D eigenvalue weighted by Crippen LogP contribution is 2.61. The number of aromatic amines is 3. The zero-order valence-corrected chi connectivity index (χ0v) is 39.2. The Kier molecular flexibility index (Phi) is 15.8. The molecule has 0 saturated heterocycles. The van der Waals surface area contributed by atoms with Gasteiger partial charge in [-0.1, -0.05) is 21.9 Å². The fraction of sp³-hybridized carbons (Fsp3) is 0.350. The molecule has 0 aliphatic heterocycles. The summed E-state index contributed by atoms with van der Waals surface area (Å²) in [5.74, 6) is 3.69. The third-order valence-corrected chi connectivity index (χ3v) is 9.82. The van der Waals surface area contributed by atoms with Crippen molar-refractivity contribution < 1.29 is 42.0 Å². The summed E-state index contributed by atoms with van der Waals surface area (Å²) in [6.07, 6.45) is 0. The predicted molar refractivity (Wildman–Crippen MR) is 242 cm³/mol. The molecule has 8 rings (SSSR count). The van der Waals surface area contributed by atoms with Crippen molar-refractivity contribution in [3.05, 3.63) is 74.3 Å². The van der Waals surface area contributed by atoms with Gasteiger partial charge in [-0.25, -0.2) is 15.0 Å². The van der Waals surface area contributed by atoms with Crippen molar-refractivity contribution in [3.63, 3.8) is 0 Å². The molecule has 0 radical (unpaired) electrons. The van der Waals surface area contributed by atoms with Crippen LogP contribution in [0, 0.1) is 27.7 Å². The van der Waals surface area contributed by atoms with Crippen LogP contribution in [0.25, 0.3) is 66.1 Å². The lowest BCUT2D eigenvalue weighted by Crippen LogP contribution is -2.13. The third-order valence-electron chi connectivity index (χ3n) is 9.54. The summed E-state index contributed by atoms with van der Waals surface area (Å²) in [6, 6.07) is 7.69.